The highest BCUT2D eigenvalue weighted by atomic mass is 16.4. The minimum Gasteiger partial charge on any atom is -0.481 e. The van der Waals surface area contributed by atoms with Crippen molar-refractivity contribution in [2.24, 2.45) is 5.41 Å². The number of amides is 1. The summed E-state index contributed by atoms with van der Waals surface area (Å²) >= 11 is 0. The maximum atomic E-state index is 12.2. The highest BCUT2D eigenvalue weighted by molar-refractivity contribution is 5.97. The van der Waals surface area contributed by atoms with Gasteiger partial charge in [0.25, 0.3) is 5.91 Å². The van der Waals surface area contributed by atoms with Gasteiger partial charge in [-0.25, -0.2) is 0 Å². The number of carboxylic acid groups (broad SMARTS) is 1. The standard InChI is InChI=1S/C15H17N3O3/c19-13(20)7-15(4-1-5-15)9-16-14(21)10-2-3-11-8-17-18-12(11)6-10/h2-3,6,8H,1,4-5,7,9H2,(H,16,21)(H,17,18)(H,19,20). The monoisotopic (exact) mass is 287 g/mol. The van der Waals surface area contributed by atoms with Gasteiger partial charge >= 0.3 is 5.97 Å². The van der Waals surface area contributed by atoms with E-state index in [2.05, 4.69) is 15.5 Å². The predicted octanol–water partition coefficient (Wildman–Crippen LogP) is 1.94. The van der Waals surface area contributed by atoms with E-state index in [-0.39, 0.29) is 17.7 Å². The van der Waals surface area contributed by atoms with Gasteiger partial charge in [-0.1, -0.05) is 12.5 Å². The summed E-state index contributed by atoms with van der Waals surface area (Å²) in [5.41, 5.74) is 1.10. The number of hydrogen-bond acceptors (Lipinski definition) is 3. The number of fused-ring (bicyclic) bond motifs is 1. The molecule has 0 radical (unpaired) electrons. The van der Waals surface area contributed by atoms with Crippen molar-refractivity contribution in [3.63, 3.8) is 0 Å². The van der Waals surface area contributed by atoms with Crippen LogP contribution in [0.1, 0.15) is 36.0 Å². The summed E-state index contributed by atoms with van der Waals surface area (Å²) in [6.45, 7) is 0.416. The van der Waals surface area contributed by atoms with Crippen LogP contribution in [0.5, 0.6) is 0 Å². The highest BCUT2D eigenvalue weighted by Crippen LogP contribution is 2.43. The van der Waals surface area contributed by atoms with E-state index >= 15 is 0 Å². The van der Waals surface area contributed by atoms with Crippen LogP contribution < -0.4 is 5.32 Å². The third-order valence-corrected chi connectivity index (χ3v) is 4.27. The Morgan fingerprint density at radius 2 is 2.19 bits per heavy atom. The molecular weight excluding hydrogens is 270 g/mol. The number of aromatic amines is 1. The molecule has 110 valence electrons. The molecule has 0 bridgehead atoms. The average Bonchev–Trinajstić information content (AvgIpc) is 2.88. The van der Waals surface area contributed by atoms with Crippen LogP contribution in [0.15, 0.2) is 24.4 Å². The summed E-state index contributed by atoms with van der Waals surface area (Å²) in [6.07, 6.45) is 4.57. The van der Waals surface area contributed by atoms with Gasteiger partial charge in [0.15, 0.2) is 0 Å². The lowest BCUT2D eigenvalue weighted by atomic mass is 9.66. The molecule has 1 fully saturated rings. The molecule has 6 heteroatoms. The van der Waals surface area contributed by atoms with Crippen LogP contribution in [0, 0.1) is 5.41 Å². The minimum atomic E-state index is -0.803. The third-order valence-electron chi connectivity index (χ3n) is 4.27. The molecule has 0 spiro atoms. The van der Waals surface area contributed by atoms with E-state index in [1.54, 1.807) is 18.3 Å². The van der Waals surface area contributed by atoms with Gasteiger partial charge in [0.1, 0.15) is 0 Å². The second kappa shape index (κ2) is 5.20. The first kappa shape index (κ1) is 13.6. The summed E-state index contributed by atoms with van der Waals surface area (Å²) in [4.78, 5) is 23.1. The lowest BCUT2D eigenvalue weighted by Gasteiger charge is -2.40. The third kappa shape index (κ3) is 2.74. The van der Waals surface area contributed by atoms with Crippen LogP contribution in [0.3, 0.4) is 0 Å². The number of carbonyl (C=O) groups is 2. The Kier molecular flexibility index (Phi) is 3.37. The van der Waals surface area contributed by atoms with Crippen LogP contribution in [-0.4, -0.2) is 33.7 Å². The van der Waals surface area contributed by atoms with Crippen molar-refractivity contribution in [2.75, 3.05) is 6.54 Å². The molecular formula is C15H17N3O3. The van der Waals surface area contributed by atoms with Gasteiger partial charge in [0.05, 0.1) is 18.1 Å². The van der Waals surface area contributed by atoms with E-state index in [0.717, 1.165) is 30.2 Å². The fourth-order valence-corrected chi connectivity index (χ4v) is 2.86. The van der Waals surface area contributed by atoms with Gasteiger partial charge in [0.2, 0.25) is 0 Å². The molecule has 0 aliphatic heterocycles. The van der Waals surface area contributed by atoms with E-state index in [1.165, 1.54) is 0 Å². The van der Waals surface area contributed by atoms with Crippen molar-refractivity contribution in [3.05, 3.63) is 30.0 Å². The molecule has 1 heterocycles. The molecule has 2 aromatic rings. The Morgan fingerprint density at radius 3 is 2.86 bits per heavy atom. The lowest BCUT2D eigenvalue weighted by molar-refractivity contribution is -0.141. The summed E-state index contributed by atoms with van der Waals surface area (Å²) in [7, 11) is 0. The Balaban J connectivity index is 1.66. The van der Waals surface area contributed by atoms with Gasteiger partial charge in [-0.2, -0.15) is 5.10 Å². The number of carbonyl (C=O) groups excluding carboxylic acids is 1. The number of benzene rings is 1. The van der Waals surface area contributed by atoms with Gasteiger partial charge in [-0.3, -0.25) is 14.7 Å². The van der Waals surface area contributed by atoms with Crippen molar-refractivity contribution in [1.29, 1.82) is 0 Å². The molecule has 6 nitrogen and oxygen atoms in total. The fourth-order valence-electron chi connectivity index (χ4n) is 2.86. The zero-order chi connectivity index (χ0) is 14.9. The van der Waals surface area contributed by atoms with Crippen molar-refractivity contribution < 1.29 is 14.7 Å². The van der Waals surface area contributed by atoms with Crippen LogP contribution in [0.2, 0.25) is 0 Å². The van der Waals surface area contributed by atoms with Crippen molar-refractivity contribution in [3.8, 4) is 0 Å². The number of H-pyrrole nitrogens is 1. The van der Waals surface area contributed by atoms with E-state index in [1.807, 2.05) is 6.07 Å². The van der Waals surface area contributed by atoms with Gasteiger partial charge in [-0.15, -0.1) is 0 Å². The number of nitrogens with one attached hydrogen (secondary N) is 2. The maximum Gasteiger partial charge on any atom is 0.303 e. The van der Waals surface area contributed by atoms with Gasteiger partial charge < -0.3 is 10.4 Å². The predicted molar refractivity (Wildman–Crippen MR) is 77.0 cm³/mol. The summed E-state index contributed by atoms with van der Waals surface area (Å²) in [6, 6.07) is 5.34. The maximum absolute atomic E-state index is 12.2. The van der Waals surface area contributed by atoms with Crippen LogP contribution in [-0.2, 0) is 4.79 Å². The quantitative estimate of drug-likeness (QED) is 0.783. The van der Waals surface area contributed by atoms with Crippen molar-refractivity contribution in [1.82, 2.24) is 15.5 Å². The molecule has 3 N–H and O–H groups in total. The second-order valence-electron chi connectivity index (χ2n) is 5.78. The normalized spacial score (nSPS) is 16.4. The van der Waals surface area contributed by atoms with Crippen molar-refractivity contribution >= 4 is 22.8 Å². The number of carboxylic acids is 1. The molecule has 1 aliphatic rings. The number of nitrogens with zero attached hydrogens (tertiary/aromatic N) is 1. The van der Waals surface area contributed by atoms with Gasteiger partial charge in [-0.05, 0) is 30.4 Å². The van der Waals surface area contributed by atoms with E-state index in [0.29, 0.717) is 12.1 Å². The number of hydrogen-bond donors (Lipinski definition) is 3. The molecule has 1 amide bonds. The van der Waals surface area contributed by atoms with Crippen LogP contribution in [0.25, 0.3) is 10.9 Å². The van der Waals surface area contributed by atoms with Crippen molar-refractivity contribution in [2.45, 2.75) is 25.7 Å². The first-order valence-electron chi connectivity index (χ1n) is 7.01. The Labute approximate surface area is 121 Å². The molecule has 0 atom stereocenters. The van der Waals surface area contributed by atoms with E-state index in [9.17, 15) is 9.59 Å². The number of rotatable bonds is 5. The first-order valence-corrected chi connectivity index (χ1v) is 7.01. The van der Waals surface area contributed by atoms with E-state index in [4.69, 9.17) is 5.11 Å². The summed E-state index contributed by atoms with van der Waals surface area (Å²) < 4.78 is 0. The molecule has 1 saturated carbocycles. The molecule has 0 saturated heterocycles. The Morgan fingerprint density at radius 1 is 1.38 bits per heavy atom. The fraction of sp³-hybridized carbons (Fsp3) is 0.400. The second-order valence-corrected chi connectivity index (χ2v) is 5.78. The Hall–Kier alpha value is -2.37. The molecule has 1 aromatic carbocycles. The van der Waals surface area contributed by atoms with Crippen LogP contribution >= 0.6 is 0 Å². The largest absolute Gasteiger partial charge is 0.481 e. The highest BCUT2D eigenvalue weighted by Gasteiger charge is 2.39. The molecule has 0 unspecified atom stereocenters. The SMILES string of the molecule is O=C(O)CC1(CNC(=O)c2ccc3cn[nH]c3c2)CCC1. The van der Waals surface area contributed by atoms with Gasteiger partial charge in [0, 0.05) is 17.5 Å². The molecule has 1 aromatic heterocycles. The number of aromatic nitrogens is 2. The summed E-state index contributed by atoms with van der Waals surface area (Å²) in [5.74, 6) is -0.981. The molecule has 21 heavy (non-hydrogen) atoms. The van der Waals surface area contributed by atoms with Crippen LogP contribution in [0.4, 0.5) is 0 Å². The average molecular weight is 287 g/mol. The zero-order valence-corrected chi connectivity index (χ0v) is 11.6. The molecule has 1 aliphatic carbocycles. The molecule has 3 rings (SSSR count). The minimum absolute atomic E-state index is 0.118. The first-order chi connectivity index (χ1) is 10.1. The lowest BCUT2D eigenvalue weighted by Crippen LogP contribution is -2.43. The topological polar surface area (TPSA) is 95.1 Å². The zero-order valence-electron chi connectivity index (χ0n) is 11.6. The summed E-state index contributed by atoms with van der Waals surface area (Å²) in [5, 5.41) is 19.5. The number of aliphatic carboxylic acids is 1. The Bertz CT molecular complexity index is 688. The van der Waals surface area contributed by atoms with E-state index < -0.39 is 5.97 Å². The smallest absolute Gasteiger partial charge is 0.303 e.